The highest BCUT2D eigenvalue weighted by Crippen LogP contribution is 2.17. The Bertz CT molecular complexity index is 777. The Morgan fingerprint density at radius 2 is 1.67 bits per heavy atom. The first-order valence-electron chi connectivity index (χ1n) is 7.05. The van der Waals surface area contributed by atoms with Crippen LogP contribution in [0.1, 0.15) is 17.3 Å². The van der Waals surface area contributed by atoms with Crippen molar-refractivity contribution < 1.29 is 19.1 Å². The molecule has 0 saturated carbocycles. The van der Waals surface area contributed by atoms with Gasteiger partial charge in [0.05, 0.1) is 10.6 Å². The van der Waals surface area contributed by atoms with Gasteiger partial charge in [0.25, 0.3) is 5.91 Å². The predicted octanol–water partition coefficient (Wildman–Crippen LogP) is 3.09. The van der Waals surface area contributed by atoms with Crippen LogP contribution < -0.4 is 10.6 Å². The van der Waals surface area contributed by atoms with E-state index in [1.54, 1.807) is 42.5 Å². The fourth-order valence-electron chi connectivity index (χ4n) is 1.91. The van der Waals surface area contributed by atoms with E-state index in [9.17, 15) is 14.4 Å². The van der Waals surface area contributed by atoms with E-state index in [4.69, 9.17) is 16.3 Å². The van der Waals surface area contributed by atoms with Crippen molar-refractivity contribution in [2.24, 2.45) is 0 Å². The number of amides is 2. The average Bonchev–Trinajstić information content (AvgIpc) is 2.53. The molecule has 124 valence electrons. The second kappa shape index (κ2) is 8.12. The Labute approximate surface area is 143 Å². The summed E-state index contributed by atoms with van der Waals surface area (Å²) in [5, 5.41) is 5.44. The van der Waals surface area contributed by atoms with Gasteiger partial charge in [0.2, 0.25) is 5.91 Å². The van der Waals surface area contributed by atoms with Crippen LogP contribution in [0.5, 0.6) is 0 Å². The normalized spacial score (nSPS) is 9.92. The number of halogens is 1. The number of benzene rings is 2. The highest BCUT2D eigenvalue weighted by atomic mass is 35.5. The minimum atomic E-state index is -0.678. The summed E-state index contributed by atoms with van der Waals surface area (Å²) >= 11 is 5.89. The van der Waals surface area contributed by atoms with E-state index in [-0.39, 0.29) is 16.5 Å². The number of hydrogen-bond donors (Lipinski definition) is 2. The predicted molar refractivity (Wildman–Crippen MR) is 91.1 cm³/mol. The van der Waals surface area contributed by atoms with Crippen LogP contribution in [0.15, 0.2) is 48.5 Å². The molecule has 0 fully saturated rings. The molecule has 0 spiro atoms. The van der Waals surface area contributed by atoms with Gasteiger partial charge in [0, 0.05) is 18.3 Å². The van der Waals surface area contributed by atoms with Crippen LogP contribution in [-0.4, -0.2) is 24.4 Å². The van der Waals surface area contributed by atoms with E-state index in [0.29, 0.717) is 11.4 Å². The van der Waals surface area contributed by atoms with Gasteiger partial charge in [-0.2, -0.15) is 0 Å². The lowest BCUT2D eigenvalue weighted by molar-refractivity contribution is -0.119. The number of hydrogen-bond acceptors (Lipinski definition) is 4. The summed E-state index contributed by atoms with van der Waals surface area (Å²) in [5.41, 5.74) is 1.22. The molecule has 2 aromatic rings. The molecule has 2 amide bonds. The minimum Gasteiger partial charge on any atom is -0.452 e. The molecule has 0 heterocycles. The van der Waals surface area contributed by atoms with E-state index in [1.165, 1.54) is 13.0 Å². The van der Waals surface area contributed by atoms with Gasteiger partial charge in [0.15, 0.2) is 6.61 Å². The van der Waals surface area contributed by atoms with Crippen LogP contribution in [0.4, 0.5) is 11.4 Å². The number of carbonyl (C=O) groups excluding carboxylic acids is 3. The van der Waals surface area contributed by atoms with E-state index < -0.39 is 18.5 Å². The highest BCUT2D eigenvalue weighted by Gasteiger charge is 2.13. The number of esters is 1. The Morgan fingerprint density at radius 3 is 2.33 bits per heavy atom. The molecule has 7 heteroatoms. The van der Waals surface area contributed by atoms with Gasteiger partial charge in [0.1, 0.15) is 0 Å². The summed E-state index contributed by atoms with van der Waals surface area (Å²) in [6.45, 7) is 0.938. The molecule has 0 radical (unpaired) electrons. The fourth-order valence-corrected chi connectivity index (χ4v) is 2.12. The Kier molecular flexibility index (Phi) is 5.92. The van der Waals surface area contributed by atoms with E-state index in [1.807, 2.05) is 0 Å². The van der Waals surface area contributed by atoms with Crippen molar-refractivity contribution in [2.45, 2.75) is 6.92 Å². The molecule has 2 N–H and O–H groups in total. The van der Waals surface area contributed by atoms with Crippen molar-refractivity contribution in [3.63, 3.8) is 0 Å². The lowest BCUT2D eigenvalue weighted by atomic mass is 10.2. The molecule has 0 aliphatic heterocycles. The summed E-state index contributed by atoms with van der Waals surface area (Å²) in [6.07, 6.45) is 0. The second-order valence-electron chi connectivity index (χ2n) is 4.87. The quantitative estimate of drug-likeness (QED) is 0.815. The van der Waals surface area contributed by atoms with Gasteiger partial charge in [-0.1, -0.05) is 29.8 Å². The molecule has 0 unspecified atom stereocenters. The van der Waals surface area contributed by atoms with Crippen molar-refractivity contribution in [3.8, 4) is 0 Å². The minimum absolute atomic E-state index is 0.194. The first-order chi connectivity index (χ1) is 11.5. The van der Waals surface area contributed by atoms with Crippen molar-refractivity contribution in [1.82, 2.24) is 0 Å². The zero-order valence-electron chi connectivity index (χ0n) is 12.8. The molecule has 0 aromatic heterocycles. The van der Waals surface area contributed by atoms with E-state index in [0.717, 1.165) is 0 Å². The zero-order chi connectivity index (χ0) is 17.5. The summed E-state index contributed by atoms with van der Waals surface area (Å²) < 4.78 is 4.93. The number of rotatable bonds is 5. The lowest BCUT2D eigenvalue weighted by Crippen LogP contribution is -2.21. The lowest BCUT2D eigenvalue weighted by Gasteiger charge is -2.09. The van der Waals surface area contributed by atoms with Gasteiger partial charge in [-0.25, -0.2) is 4.79 Å². The Balaban J connectivity index is 1.91. The smallest absolute Gasteiger partial charge is 0.340 e. The maximum atomic E-state index is 11.9. The first kappa shape index (κ1) is 17.5. The second-order valence-corrected chi connectivity index (χ2v) is 5.27. The Hall–Kier alpha value is -2.86. The van der Waals surface area contributed by atoms with Crippen molar-refractivity contribution in [1.29, 1.82) is 0 Å². The number of nitrogens with one attached hydrogen (secondary N) is 2. The Morgan fingerprint density at radius 1 is 1.00 bits per heavy atom. The van der Waals surface area contributed by atoms with Crippen LogP contribution in [0.25, 0.3) is 0 Å². The maximum Gasteiger partial charge on any atom is 0.340 e. The highest BCUT2D eigenvalue weighted by molar-refractivity contribution is 6.33. The number of ether oxygens (including phenoxy) is 1. The monoisotopic (exact) mass is 346 g/mol. The van der Waals surface area contributed by atoms with Crippen LogP contribution in [0.2, 0.25) is 5.02 Å². The fraction of sp³-hybridized carbons (Fsp3) is 0.118. The molecule has 6 nitrogen and oxygen atoms in total. The van der Waals surface area contributed by atoms with Gasteiger partial charge < -0.3 is 15.4 Å². The van der Waals surface area contributed by atoms with Crippen LogP contribution >= 0.6 is 11.6 Å². The standard InChI is InChI=1S/C17H15ClN2O4/c1-11(21)19-12-5-4-6-13(9-12)20-16(22)10-24-17(23)14-7-2-3-8-15(14)18/h2-9H,10H2,1H3,(H,19,21)(H,20,22). The third-order valence-corrected chi connectivity index (χ3v) is 3.22. The average molecular weight is 347 g/mol. The summed E-state index contributed by atoms with van der Waals surface area (Å²) in [4.78, 5) is 34.7. The van der Waals surface area contributed by atoms with Gasteiger partial charge in [-0.15, -0.1) is 0 Å². The molecule has 0 atom stereocenters. The number of carbonyl (C=O) groups is 3. The van der Waals surface area contributed by atoms with Gasteiger partial charge in [-0.3, -0.25) is 9.59 Å². The summed E-state index contributed by atoms with van der Waals surface area (Å²) in [5.74, 6) is -1.40. The van der Waals surface area contributed by atoms with Crippen molar-refractivity contribution in [3.05, 3.63) is 59.1 Å². The molecule has 2 rings (SSSR count). The molecule has 0 aliphatic carbocycles. The van der Waals surface area contributed by atoms with E-state index >= 15 is 0 Å². The van der Waals surface area contributed by atoms with Crippen molar-refractivity contribution >= 4 is 40.8 Å². The third-order valence-electron chi connectivity index (χ3n) is 2.89. The molecule has 0 aliphatic rings. The summed E-state index contributed by atoms with van der Waals surface area (Å²) in [6, 6.07) is 13.0. The molecule has 0 bridgehead atoms. The SMILES string of the molecule is CC(=O)Nc1cccc(NC(=O)COC(=O)c2ccccc2Cl)c1. The molecular formula is C17H15ClN2O4. The third kappa shape index (κ3) is 5.10. The molecular weight excluding hydrogens is 332 g/mol. The van der Waals surface area contributed by atoms with Gasteiger partial charge in [-0.05, 0) is 30.3 Å². The topological polar surface area (TPSA) is 84.5 Å². The van der Waals surface area contributed by atoms with Crippen molar-refractivity contribution in [2.75, 3.05) is 17.2 Å². The van der Waals surface area contributed by atoms with E-state index in [2.05, 4.69) is 10.6 Å². The first-order valence-corrected chi connectivity index (χ1v) is 7.42. The van der Waals surface area contributed by atoms with Crippen LogP contribution in [-0.2, 0) is 14.3 Å². The molecule has 2 aromatic carbocycles. The van der Waals surface area contributed by atoms with Crippen LogP contribution in [0.3, 0.4) is 0 Å². The zero-order valence-corrected chi connectivity index (χ0v) is 13.6. The molecule has 24 heavy (non-hydrogen) atoms. The van der Waals surface area contributed by atoms with Crippen LogP contribution in [0, 0.1) is 0 Å². The maximum absolute atomic E-state index is 11.9. The largest absolute Gasteiger partial charge is 0.452 e. The number of anilines is 2. The summed E-state index contributed by atoms with van der Waals surface area (Å²) in [7, 11) is 0. The van der Waals surface area contributed by atoms with Gasteiger partial charge >= 0.3 is 5.97 Å². The molecule has 0 saturated heterocycles.